The van der Waals surface area contributed by atoms with Crippen LogP contribution in [0.5, 0.6) is 0 Å². The highest BCUT2D eigenvalue weighted by atomic mass is 16.7. The van der Waals surface area contributed by atoms with Crippen molar-refractivity contribution in [3.63, 3.8) is 0 Å². The van der Waals surface area contributed by atoms with Gasteiger partial charge in [-0.15, -0.1) is 0 Å². The number of ether oxygens (including phenoxy) is 4. The van der Waals surface area contributed by atoms with E-state index < -0.39 is 36.2 Å². The number of aliphatic hydroxyl groups excluding tert-OH is 1. The van der Waals surface area contributed by atoms with Crippen molar-refractivity contribution in [2.45, 2.75) is 143 Å². The van der Waals surface area contributed by atoms with Crippen LogP contribution in [0.15, 0.2) is 0 Å². The van der Waals surface area contributed by atoms with Gasteiger partial charge >= 0.3 is 12.0 Å². The average Bonchev–Trinajstić information content (AvgIpc) is 3.66. The van der Waals surface area contributed by atoms with Crippen LogP contribution in [0.2, 0.25) is 0 Å². The van der Waals surface area contributed by atoms with Crippen molar-refractivity contribution in [1.82, 2.24) is 9.80 Å². The summed E-state index contributed by atoms with van der Waals surface area (Å²) in [6.45, 7) is 18.2. The molecule has 5 aliphatic carbocycles. The topological polar surface area (TPSA) is 118 Å². The van der Waals surface area contributed by atoms with Gasteiger partial charge in [-0.3, -0.25) is 4.79 Å². The summed E-state index contributed by atoms with van der Waals surface area (Å²) in [6, 6.07) is 0.00188. The van der Waals surface area contributed by atoms with Crippen molar-refractivity contribution in [3.8, 4) is 0 Å². The summed E-state index contributed by atoms with van der Waals surface area (Å²) >= 11 is 0. The van der Waals surface area contributed by atoms with Crippen LogP contribution in [0.25, 0.3) is 0 Å². The number of esters is 1. The molecule has 2 heterocycles. The molecule has 2 N–H and O–H groups in total. The number of carbonyl (C=O) groups is 2. The van der Waals surface area contributed by atoms with E-state index in [2.05, 4.69) is 34.6 Å². The van der Waals surface area contributed by atoms with Gasteiger partial charge in [0.2, 0.25) is 0 Å². The Morgan fingerprint density at radius 2 is 1.71 bits per heavy atom. The maximum absolute atomic E-state index is 12.7. The fourth-order valence-electron chi connectivity index (χ4n) is 13.8. The number of hydrogen-bond acceptors (Lipinski definition) is 8. The molecule has 7 aliphatic rings. The Bertz CT molecular complexity index is 1320. The second-order valence-corrected chi connectivity index (χ2v) is 19.1. The zero-order valence-corrected chi connectivity index (χ0v) is 31.7. The fourth-order valence-corrected chi connectivity index (χ4v) is 13.8. The van der Waals surface area contributed by atoms with Crippen LogP contribution < -0.4 is 0 Å². The third-order valence-electron chi connectivity index (χ3n) is 15.9. The minimum Gasteiger partial charge on any atom is -0.457 e. The summed E-state index contributed by atoms with van der Waals surface area (Å²) in [7, 11) is 3.58. The Hall–Kier alpha value is -1.46. The number of fused-ring (bicyclic) bond motifs is 4. The van der Waals surface area contributed by atoms with Gasteiger partial charge in [-0.05, 0) is 111 Å². The van der Waals surface area contributed by atoms with E-state index in [1.165, 1.54) is 13.3 Å². The normalized spacial score (nSPS) is 49.0. The molecule has 2 aliphatic heterocycles. The molecule has 10 nitrogen and oxygen atoms in total. The Morgan fingerprint density at radius 1 is 1.02 bits per heavy atom. The molecule has 1 spiro atoms. The molecular weight excluding hydrogens is 624 g/mol. The first-order valence-electron chi connectivity index (χ1n) is 19.3. The summed E-state index contributed by atoms with van der Waals surface area (Å²) in [5, 5.41) is 23.6. The van der Waals surface area contributed by atoms with Crippen LogP contribution in [0, 0.1) is 57.2 Å². The van der Waals surface area contributed by atoms with E-state index in [1.54, 1.807) is 32.8 Å². The molecular formula is C39H64N2O8. The van der Waals surface area contributed by atoms with E-state index in [1.807, 2.05) is 4.90 Å². The lowest BCUT2D eigenvalue weighted by atomic mass is 9.43. The monoisotopic (exact) mass is 688 g/mol. The largest absolute Gasteiger partial charge is 0.457 e. The van der Waals surface area contributed by atoms with Gasteiger partial charge in [0.05, 0.1) is 43.2 Å². The van der Waals surface area contributed by atoms with Gasteiger partial charge in [0.25, 0.3) is 0 Å². The molecule has 0 aromatic rings. The Balaban J connectivity index is 1.12. The Morgan fingerprint density at radius 3 is 2.37 bits per heavy atom. The first-order chi connectivity index (χ1) is 22.8. The quantitative estimate of drug-likeness (QED) is 0.384. The summed E-state index contributed by atoms with van der Waals surface area (Å²) in [4.78, 5) is 28.3. The zero-order valence-electron chi connectivity index (χ0n) is 31.7. The lowest BCUT2D eigenvalue weighted by Gasteiger charge is -2.61. The van der Waals surface area contributed by atoms with Crippen LogP contribution >= 0.6 is 0 Å². The van der Waals surface area contributed by atoms with Gasteiger partial charge in [0.15, 0.2) is 12.4 Å². The SMILES string of the molecule is CC(=O)OC(C1CC(C)C2C(O1)C(O)C1(C)C3CCC4C5C(CCC(OC6CN(C(=O)N(C)C)CCO6)C4(C)C)C53CCC21C)C(C)(C)O. The van der Waals surface area contributed by atoms with Crippen molar-refractivity contribution in [2.24, 2.45) is 57.2 Å². The number of nitrogens with zero attached hydrogens (tertiary/aromatic N) is 2. The zero-order chi connectivity index (χ0) is 35.6. The van der Waals surface area contributed by atoms with Crippen LogP contribution in [-0.4, -0.2) is 108 Å². The first kappa shape index (κ1) is 35.9. The number of carbonyl (C=O) groups excluding carboxylic acids is 2. The number of amides is 2. The van der Waals surface area contributed by atoms with Crippen molar-refractivity contribution in [1.29, 1.82) is 0 Å². The molecule has 2 amide bonds. The van der Waals surface area contributed by atoms with Crippen molar-refractivity contribution in [2.75, 3.05) is 33.8 Å². The predicted octanol–water partition coefficient (Wildman–Crippen LogP) is 5.08. The highest BCUT2D eigenvalue weighted by Crippen LogP contribution is 2.86. The fraction of sp³-hybridized carbons (Fsp3) is 0.949. The molecule has 49 heavy (non-hydrogen) atoms. The number of urea groups is 1. The molecule has 0 radical (unpaired) electrons. The average molecular weight is 689 g/mol. The standard InChI is InChI=1S/C39H64N2O8/c1-21-19-25(33(36(5,6)45)47-22(2)42)48-31-29(21)37(7)15-16-39-24-12-14-27(49-28-20-41(17-18-46-28)34(44)40(9)10)35(3,4)23(30(24)39)11-13-26(39)38(37,8)32(31)43/h21,23-33,43,45H,11-20H2,1-10H3. The van der Waals surface area contributed by atoms with Crippen molar-refractivity contribution >= 4 is 12.0 Å². The molecule has 10 heteroatoms. The molecule has 2 saturated heterocycles. The summed E-state index contributed by atoms with van der Waals surface area (Å²) < 4.78 is 25.4. The van der Waals surface area contributed by atoms with Crippen LogP contribution in [0.3, 0.4) is 0 Å². The lowest BCUT2D eigenvalue weighted by Crippen LogP contribution is -2.57. The number of rotatable bonds is 5. The van der Waals surface area contributed by atoms with E-state index in [0.29, 0.717) is 49.8 Å². The third kappa shape index (κ3) is 5.10. The molecule has 15 unspecified atom stereocenters. The van der Waals surface area contributed by atoms with Gasteiger partial charge in [0, 0.05) is 33.0 Å². The van der Waals surface area contributed by atoms with E-state index in [-0.39, 0.29) is 51.7 Å². The molecule has 7 fully saturated rings. The predicted molar refractivity (Wildman–Crippen MR) is 183 cm³/mol. The first-order valence-corrected chi connectivity index (χ1v) is 19.3. The number of hydrogen-bond donors (Lipinski definition) is 2. The molecule has 0 aromatic heterocycles. The van der Waals surface area contributed by atoms with E-state index in [0.717, 1.165) is 32.1 Å². The van der Waals surface area contributed by atoms with Crippen molar-refractivity contribution < 1.29 is 38.7 Å². The van der Waals surface area contributed by atoms with Gasteiger partial charge in [-0.1, -0.05) is 34.6 Å². The molecule has 0 aromatic carbocycles. The summed E-state index contributed by atoms with van der Waals surface area (Å²) in [5.74, 6) is 2.23. The van der Waals surface area contributed by atoms with Gasteiger partial charge in [-0.2, -0.15) is 0 Å². The highest BCUT2D eigenvalue weighted by Gasteiger charge is 2.83. The smallest absolute Gasteiger partial charge is 0.319 e. The molecule has 0 bridgehead atoms. The number of aliphatic hydroxyl groups is 2. The van der Waals surface area contributed by atoms with E-state index >= 15 is 0 Å². The van der Waals surface area contributed by atoms with E-state index in [9.17, 15) is 19.8 Å². The minimum atomic E-state index is -1.27. The lowest BCUT2D eigenvalue weighted by molar-refractivity contribution is -0.228. The van der Waals surface area contributed by atoms with Gasteiger partial charge in [-0.25, -0.2) is 4.79 Å². The van der Waals surface area contributed by atoms with Gasteiger partial charge in [0.1, 0.15) is 0 Å². The molecule has 15 atom stereocenters. The van der Waals surface area contributed by atoms with Crippen LogP contribution in [0.1, 0.15) is 100 Å². The van der Waals surface area contributed by atoms with E-state index in [4.69, 9.17) is 18.9 Å². The molecule has 278 valence electrons. The van der Waals surface area contributed by atoms with Gasteiger partial charge < -0.3 is 39.0 Å². The second-order valence-electron chi connectivity index (χ2n) is 19.1. The van der Waals surface area contributed by atoms with Crippen molar-refractivity contribution in [3.05, 3.63) is 0 Å². The summed E-state index contributed by atoms with van der Waals surface area (Å²) in [6.07, 6.45) is 4.70. The minimum absolute atomic E-state index is 0.00188. The Labute approximate surface area is 293 Å². The number of morpholine rings is 1. The third-order valence-corrected chi connectivity index (χ3v) is 15.9. The second kappa shape index (κ2) is 11.8. The Kier molecular flexibility index (Phi) is 8.63. The summed E-state index contributed by atoms with van der Waals surface area (Å²) in [5.41, 5.74) is -1.45. The maximum Gasteiger partial charge on any atom is 0.319 e. The molecule has 5 saturated carbocycles. The van der Waals surface area contributed by atoms with Crippen LogP contribution in [-0.2, 0) is 23.7 Å². The highest BCUT2D eigenvalue weighted by molar-refractivity contribution is 5.73. The van der Waals surface area contributed by atoms with Crippen LogP contribution in [0.4, 0.5) is 4.79 Å². The molecule has 7 rings (SSSR count). The maximum atomic E-state index is 12.7.